The summed E-state index contributed by atoms with van der Waals surface area (Å²) in [5.74, 6) is 1.18. The molecule has 0 saturated heterocycles. The lowest BCUT2D eigenvalue weighted by atomic mass is 9.47. The van der Waals surface area contributed by atoms with E-state index in [1.165, 1.54) is 13.1 Å². The number of primary amides is 1. The number of amides is 3. The van der Waals surface area contributed by atoms with Gasteiger partial charge in [-0.25, -0.2) is 4.68 Å². The van der Waals surface area contributed by atoms with Gasteiger partial charge in [0.05, 0.1) is 18.3 Å². The number of ether oxygens (including phenoxy) is 1. The van der Waals surface area contributed by atoms with E-state index in [0.717, 1.165) is 32.1 Å². The van der Waals surface area contributed by atoms with Gasteiger partial charge in [0.15, 0.2) is 0 Å². The summed E-state index contributed by atoms with van der Waals surface area (Å²) < 4.78 is 7.57. The maximum absolute atomic E-state index is 13.5. The molecule has 1 aromatic rings. The molecule has 4 bridgehead atoms. The first kappa shape index (κ1) is 25.3. The van der Waals surface area contributed by atoms with Crippen LogP contribution in [0.4, 0.5) is 0 Å². The van der Waals surface area contributed by atoms with E-state index in [9.17, 15) is 14.4 Å². The topological polar surface area (TPSA) is 128 Å². The zero-order chi connectivity index (χ0) is 25.5. The van der Waals surface area contributed by atoms with Crippen LogP contribution in [0.25, 0.3) is 6.20 Å². The first-order chi connectivity index (χ1) is 16.4. The lowest BCUT2D eigenvalue weighted by Gasteiger charge is -2.58. The van der Waals surface area contributed by atoms with Crippen LogP contribution in [0.1, 0.15) is 77.1 Å². The van der Waals surface area contributed by atoms with E-state index in [1.807, 2.05) is 33.8 Å². The van der Waals surface area contributed by atoms with E-state index in [-0.39, 0.29) is 46.9 Å². The van der Waals surface area contributed by atoms with E-state index in [4.69, 9.17) is 10.5 Å². The van der Waals surface area contributed by atoms with Crippen LogP contribution in [0.15, 0.2) is 12.3 Å². The van der Waals surface area contributed by atoms with Gasteiger partial charge in [0.1, 0.15) is 5.56 Å². The van der Waals surface area contributed by atoms with Crippen molar-refractivity contribution in [1.29, 1.82) is 0 Å². The number of carbonyl (C=O) groups is 3. The molecular formula is C26H39N5O4. The van der Waals surface area contributed by atoms with Crippen molar-refractivity contribution < 1.29 is 19.1 Å². The van der Waals surface area contributed by atoms with Crippen LogP contribution in [0.2, 0.25) is 0 Å². The number of nitrogens with two attached hydrogens (primary N) is 1. The lowest BCUT2D eigenvalue weighted by molar-refractivity contribution is -0.145. The van der Waals surface area contributed by atoms with Crippen molar-refractivity contribution in [2.75, 3.05) is 6.61 Å². The molecule has 0 spiro atoms. The minimum atomic E-state index is -0.591. The Morgan fingerprint density at radius 2 is 1.91 bits per heavy atom. The number of hydrogen-bond acceptors (Lipinski definition) is 5. The van der Waals surface area contributed by atoms with Crippen LogP contribution in [-0.4, -0.2) is 45.7 Å². The summed E-state index contributed by atoms with van der Waals surface area (Å²) in [5, 5.41) is 10.5. The maximum atomic E-state index is 13.5. The maximum Gasteiger partial charge on any atom is 0.258 e. The van der Waals surface area contributed by atoms with Crippen LogP contribution in [0, 0.1) is 29.1 Å². The van der Waals surface area contributed by atoms with Crippen molar-refractivity contribution in [1.82, 2.24) is 20.4 Å². The largest absolute Gasteiger partial charge is 0.477 e. The number of nitrogens with one attached hydrogen (secondary N) is 2. The molecule has 9 nitrogen and oxygen atoms in total. The van der Waals surface area contributed by atoms with Crippen LogP contribution in [-0.2, 0) is 9.59 Å². The molecule has 2 atom stereocenters. The molecule has 192 valence electrons. The summed E-state index contributed by atoms with van der Waals surface area (Å²) in [5.41, 5.74) is 5.21. The van der Waals surface area contributed by atoms with Gasteiger partial charge in [0, 0.05) is 24.6 Å². The second-order valence-corrected chi connectivity index (χ2v) is 11.8. The van der Waals surface area contributed by atoms with Crippen molar-refractivity contribution in [2.45, 2.75) is 78.3 Å². The minimum absolute atomic E-state index is 0.0297. The molecule has 5 rings (SSSR count). The van der Waals surface area contributed by atoms with Gasteiger partial charge in [-0.15, -0.1) is 0 Å². The molecule has 2 unspecified atom stereocenters. The van der Waals surface area contributed by atoms with Crippen molar-refractivity contribution in [2.24, 2.45) is 34.8 Å². The summed E-state index contributed by atoms with van der Waals surface area (Å²) in [6.07, 6.45) is 9.54. The highest BCUT2D eigenvalue weighted by Crippen LogP contribution is 2.59. The average Bonchev–Trinajstić information content (AvgIpc) is 3.15. The summed E-state index contributed by atoms with van der Waals surface area (Å²) in [6.45, 7) is 9.74. The lowest BCUT2D eigenvalue weighted by Crippen LogP contribution is -2.62. The summed E-state index contributed by atoms with van der Waals surface area (Å²) in [6, 6.07) is 0.0297. The summed E-state index contributed by atoms with van der Waals surface area (Å²) in [4.78, 5) is 37.2. The molecule has 35 heavy (non-hydrogen) atoms. The molecule has 0 aromatic carbocycles. The Morgan fingerprint density at radius 1 is 1.26 bits per heavy atom. The Kier molecular flexibility index (Phi) is 6.72. The van der Waals surface area contributed by atoms with E-state index >= 15 is 0 Å². The van der Waals surface area contributed by atoms with Gasteiger partial charge in [0.2, 0.25) is 17.7 Å². The van der Waals surface area contributed by atoms with Gasteiger partial charge in [-0.2, -0.15) is 5.10 Å². The number of rotatable bonds is 9. The van der Waals surface area contributed by atoms with E-state index in [1.54, 1.807) is 10.9 Å². The molecule has 4 aliphatic carbocycles. The van der Waals surface area contributed by atoms with Crippen LogP contribution in [0.3, 0.4) is 0 Å². The van der Waals surface area contributed by atoms with E-state index in [2.05, 4.69) is 15.7 Å². The van der Waals surface area contributed by atoms with Gasteiger partial charge < -0.3 is 21.1 Å². The number of aromatic nitrogens is 2. The highest BCUT2D eigenvalue weighted by Gasteiger charge is 2.58. The fourth-order valence-electron chi connectivity index (χ4n) is 6.55. The molecule has 3 amide bonds. The molecule has 4 fully saturated rings. The monoisotopic (exact) mass is 485 g/mol. The molecule has 4 saturated carbocycles. The molecule has 0 radical (unpaired) electrons. The van der Waals surface area contributed by atoms with E-state index in [0.29, 0.717) is 24.0 Å². The zero-order valence-electron chi connectivity index (χ0n) is 21.5. The summed E-state index contributed by atoms with van der Waals surface area (Å²) >= 11 is 0. The van der Waals surface area contributed by atoms with Crippen molar-refractivity contribution in [3.63, 3.8) is 0 Å². The Labute approximate surface area is 207 Å². The Morgan fingerprint density at radius 3 is 2.49 bits per heavy atom. The fraction of sp³-hybridized carbons (Fsp3) is 0.692. The third kappa shape index (κ3) is 5.23. The quantitative estimate of drug-likeness (QED) is 0.495. The molecular weight excluding hydrogens is 446 g/mol. The minimum Gasteiger partial charge on any atom is -0.477 e. The molecule has 0 aliphatic heterocycles. The highest BCUT2D eigenvalue weighted by molar-refractivity contribution is 5.96. The van der Waals surface area contributed by atoms with Crippen molar-refractivity contribution in [3.05, 3.63) is 17.8 Å². The van der Waals surface area contributed by atoms with Crippen LogP contribution < -0.4 is 21.1 Å². The smallest absolute Gasteiger partial charge is 0.258 e. The zero-order valence-corrected chi connectivity index (χ0v) is 21.5. The number of carbonyl (C=O) groups excluding carboxylic acids is 3. The Bertz CT molecular complexity index is 1010. The Balaban J connectivity index is 1.54. The third-order valence-electron chi connectivity index (χ3n) is 7.77. The number of nitrogens with zero attached hydrogens (tertiary/aromatic N) is 2. The van der Waals surface area contributed by atoms with Crippen LogP contribution >= 0.6 is 0 Å². The Hall–Kier alpha value is -2.84. The standard InChI is InChI=1S/C26H39N5O4/c1-15(2)14-35-23-20(13-28-31(23)7-6-25(4,5)30-16(3)32)22(33)29-21-18-8-17-9-19(21)12-26(10-17,11-18)24(27)34/h6-7,13,15,17-19,21H,8-12,14H2,1-5H3,(H2,27,34)(H,29,33)(H,30,32)/b7-6+/t17?,18?,19?,21-,26-. The summed E-state index contributed by atoms with van der Waals surface area (Å²) in [7, 11) is 0. The van der Waals surface area contributed by atoms with Crippen LogP contribution in [0.5, 0.6) is 5.88 Å². The predicted octanol–water partition coefficient (Wildman–Crippen LogP) is 2.71. The van der Waals surface area contributed by atoms with Crippen molar-refractivity contribution in [3.8, 4) is 5.88 Å². The molecule has 1 aromatic heterocycles. The molecule has 9 heteroatoms. The second kappa shape index (κ2) is 9.32. The van der Waals surface area contributed by atoms with Gasteiger partial charge in [-0.1, -0.05) is 13.8 Å². The van der Waals surface area contributed by atoms with Gasteiger partial charge >= 0.3 is 0 Å². The molecule has 4 N–H and O–H groups in total. The fourth-order valence-corrected chi connectivity index (χ4v) is 6.55. The van der Waals surface area contributed by atoms with Crippen molar-refractivity contribution >= 4 is 23.9 Å². The van der Waals surface area contributed by atoms with Gasteiger partial charge in [-0.05, 0) is 75.7 Å². The molecule has 1 heterocycles. The normalized spacial score (nSPS) is 29.5. The number of hydrogen-bond donors (Lipinski definition) is 3. The van der Waals surface area contributed by atoms with Gasteiger partial charge in [-0.3, -0.25) is 14.4 Å². The first-order valence-electron chi connectivity index (χ1n) is 12.7. The average molecular weight is 486 g/mol. The first-order valence-corrected chi connectivity index (χ1v) is 12.7. The second-order valence-electron chi connectivity index (χ2n) is 11.8. The van der Waals surface area contributed by atoms with Gasteiger partial charge in [0.25, 0.3) is 5.91 Å². The highest BCUT2D eigenvalue weighted by atomic mass is 16.5. The SMILES string of the molecule is CC(=O)NC(C)(C)/C=C/n1ncc(C(=O)N[C@H]2C3CC4CC2C[C@](C(N)=O)(C4)C3)c1OCC(C)C. The third-order valence-corrected chi connectivity index (χ3v) is 7.77. The molecule has 4 aliphatic rings. The predicted molar refractivity (Wildman–Crippen MR) is 132 cm³/mol. The van der Waals surface area contributed by atoms with E-state index < -0.39 is 5.54 Å².